The molecule has 3 heterocycles. The zero-order valence-corrected chi connectivity index (χ0v) is 21.8. The van der Waals surface area contributed by atoms with Gasteiger partial charge >= 0.3 is 0 Å². The zero-order chi connectivity index (χ0) is 28.6. The Morgan fingerprint density at radius 3 is 2.36 bits per heavy atom. The number of nitrogens with zero attached hydrogens (tertiary/aromatic N) is 4. The number of hydrogen-bond donors (Lipinski definition) is 3. The number of nitrogen functional groups attached to an aromatic ring is 1. The van der Waals surface area contributed by atoms with Crippen molar-refractivity contribution in [1.29, 1.82) is 0 Å². The maximum absolute atomic E-state index is 11.8. The Bertz CT molecular complexity index is 1570. The number of ether oxygens (including phenoxy) is 1. The summed E-state index contributed by atoms with van der Waals surface area (Å²) in [6.45, 7) is -1.11. The smallest absolute Gasteiger partial charge is 0.278 e. The summed E-state index contributed by atoms with van der Waals surface area (Å²) in [5.74, 6) is 5.52. The number of aliphatic hydroxyl groups excluding tert-OH is 2. The molecule has 4 rings (SSSR count). The number of nitrogens with two attached hydrogens (primary N) is 1. The summed E-state index contributed by atoms with van der Waals surface area (Å²) < 4.78 is 51.0. The summed E-state index contributed by atoms with van der Waals surface area (Å²) in [6, 6.07) is 8.89. The topological polar surface area (TPSA) is 290 Å². The van der Waals surface area contributed by atoms with Crippen LogP contribution >= 0.6 is 23.5 Å². The van der Waals surface area contributed by atoms with Crippen molar-refractivity contribution in [2.75, 3.05) is 12.3 Å². The summed E-state index contributed by atoms with van der Waals surface area (Å²) in [7, 11) is -18.2. The standard InChI is InChI=1S/C18H20N5O13P3/c19-16-13-17(22-12(21-16)7-6-10-4-2-1-3-5-10)23(9-20-13)18-15(25)14(24)11(34-18)8-33-38(29,30)36-39(31,32)35-37(26,27)28/h1-5,9,11,14-15,18,24-25H,8H2,(H,29,30)(H,31,32)(H2,19,21,22)(H2,26,27,28)/p-4. The summed E-state index contributed by atoms with van der Waals surface area (Å²) in [6.07, 6.45) is -5.36. The molecule has 0 saturated carbocycles. The maximum atomic E-state index is 11.8. The zero-order valence-electron chi connectivity index (χ0n) is 19.1. The Morgan fingerprint density at radius 2 is 1.69 bits per heavy atom. The van der Waals surface area contributed by atoms with Crippen LogP contribution < -0.4 is 25.3 Å². The predicted molar refractivity (Wildman–Crippen MR) is 119 cm³/mol. The van der Waals surface area contributed by atoms with Crippen LogP contribution in [-0.2, 0) is 31.6 Å². The van der Waals surface area contributed by atoms with Crippen LogP contribution in [0.5, 0.6) is 0 Å². The molecule has 4 N–H and O–H groups in total. The molecule has 0 radical (unpaired) electrons. The average Bonchev–Trinajstić information content (AvgIpc) is 3.36. The van der Waals surface area contributed by atoms with Gasteiger partial charge in [-0.25, -0.2) is 19.3 Å². The average molecular weight is 603 g/mol. The molecule has 210 valence electrons. The highest BCUT2D eigenvalue weighted by molar-refractivity contribution is 7.64. The molecule has 1 fully saturated rings. The molecule has 18 nitrogen and oxygen atoms in total. The number of imidazole rings is 1. The van der Waals surface area contributed by atoms with Gasteiger partial charge in [-0.3, -0.25) is 18.0 Å². The van der Waals surface area contributed by atoms with Crippen LogP contribution in [0, 0.1) is 11.8 Å². The van der Waals surface area contributed by atoms with E-state index in [1.807, 2.05) is 6.07 Å². The minimum atomic E-state index is -6.18. The lowest BCUT2D eigenvalue weighted by atomic mass is 10.1. The van der Waals surface area contributed by atoms with Crippen molar-refractivity contribution in [2.24, 2.45) is 0 Å². The largest absolute Gasteiger partial charge is 0.790 e. The third-order valence-electron chi connectivity index (χ3n) is 4.95. The Kier molecular flexibility index (Phi) is 8.39. The molecule has 1 aromatic carbocycles. The highest BCUT2D eigenvalue weighted by Gasteiger charge is 2.45. The van der Waals surface area contributed by atoms with Crippen molar-refractivity contribution in [3.8, 4) is 11.8 Å². The van der Waals surface area contributed by atoms with E-state index in [0.717, 1.165) is 6.33 Å². The van der Waals surface area contributed by atoms with Gasteiger partial charge in [0.25, 0.3) is 15.6 Å². The van der Waals surface area contributed by atoms with E-state index in [2.05, 4.69) is 39.9 Å². The molecular formula is C18H16N5O13P3-4. The highest BCUT2D eigenvalue weighted by Crippen LogP contribution is 2.60. The van der Waals surface area contributed by atoms with E-state index in [1.165, 1.54) is 4.57 Å². The van der Waals surface area contributed by atoms with Crippen molar-refractivity contribution in [1.82, 2.24) is 19.5 Å². The first kappa shape index (κ1) is 29.4. The normalized spacial score (nSPS) is 24.6. The molecular weight excluding hydrogens is 587 g/mol. The lowest BCUT2D eigenvalue weighted by Gasteiger charge is -2.37. The van der Waals surface area contributed by atoms with Gasteiger partial charge in [0, 0.05) is 5.56 Å². The van der Waals surface area contributed by atoms with Crippen LogP contribution in [0.2, 0.25) is 0 Å². The van der Waals surface area contributed by atoms with Crippen LogP contribution in [0.1, 0.15) is 17.6 Å². The van der Waals surface area contributed by atoms with E-state index >= 15 is 0 Å². The first-order valence-electron chi connectivity index (χ1n) is 10.4. The van der Waals surface area contributed by atoms with Gasteiger partial charge < -0.3 is 49.3 Å². The van der Waals surface area contributed by atoms with E-state index in [9.17, 15) is 43.5 Å². The van der Waals surface area contributed by atoms with Gasteiger partial charge in [-0.15, -0.1) is 0 Å². The second-order valence-electron chi connectivity index (χ2n) is 7.72. The minimum absolute atomic E-state index is 0.00655. The molecule has 2 aromatic heterocycles. The first-order chi connectivity index (χ1) is 18.1. The molecule has 21 heteroatoms. The van der Waals surface area contributed by atoms with E-state index in [0.29, 0.717) is 5.56 Å². The van der Waals surface area contributed by atoms with Crippen molar-refractivity contribution < 1.29 is 61.4 Å². The Labute approximate surface area is 218 Å². The van der Waals surface area contributed by atoms with Crippen LogP contribution in [0.25, 0.3) is 11.2 Å². The van der Waals surface area contributed by atoms with Crippen LogP contribution in [0.15, 0.2) is 36.7 Å². The third kappa shape index (κ3) is 7.34. The number of anilines is 1. The van der Waals surface area contributed by atoms with Gasteiger partial charge in [0.05, 0.1) is 20.8 Å². The SMILES string of the molecule is Nc1nc(C#Cc2ccccc2)nc2c1ncn2C1OC(COP(=O)([O-])OP(=O)([O-])OP(=O)([O-])[O-])C(O)C1O. The van der Waals surface area contributed by atoms with Gasteiger partial charge in [-0.2, -0.15) is 0 Å². The fraction of sp³-hybridized carbons (Fsp3) is 0.278. The van der Waals surface area contributed by atoms with Crippen molar-refractivity contribution in [3.63, 3.8) is 0 Å². The molecule has 39 heavy (non-hydrogen) atoms. The Morgan fingerprint density at radius 1 is 1.00 bits per heavy atom. The summed E-state index contributed by atoms with van der Waals surface area (Å²) in [4.78, 5) is 56.3. The summed E-state index contributed by atoms with van der Waals surface area (Å²) in [5, 5.41) is 20.9. The van der Waals surface area contributed by atoms with E-state index in [-0.39, 0.29) is 22.8 Å². The lowest BCUT2D eigenvalue weighted by molar-refractivity contribution is -0.339. The number of phosphoric acid groups is 3. The number of aliphatic hydroxyl groups is 2. The monoisotopic (exact) mass is 603 g/mol. The van der Waals surface area contributed by atoms with Crippen molar-refractivity contribution >= 4 is 40.4 Å². The van der Waals surface area contributed by atoms with E-state index in [4.69, 9.17) is 10.5 Å². The van der Waals surface area contributed by atoms with E-state index in [1.54, 1.807) is 24.3 Å². The Hall–Kier alpha value is -2.58. The number of hydrogen-bond acceptors (Lipinski definition) is 17. The van der Waals surface area contributed by atoms with Crippen molar-refractivity contribution in [3.05, 3.63) is 48.0 Å². The van der Waals surface area contributed by atoms with Gasteiger partial charge in [0.2, 0.25) is 5.82 Å². The molecule has 1 saturated heterocycles. The Balaban J connectivity index is 1.51. The first-order valence-corrected chi connectivity index (χ1v) is 14.8. The quantitative estimate of drug-likeness (QED) is 0.173. The van der Waals surface area contributed by atoms with Crippen LogP contribution in [0.4, 0.5) is 5.82 Å². The van der Waals surface area contributed by atoms with Gasteiger partial charge in [0.15, 0.2) is 17.7 Å². The lowest BCUT2D eigenvalue weighted by Crippen LogP contribution is -2.34. The fourth-order valence-corrected chi connectivity index (χ4v) is 6.24. The van der Waals surface area contributed by atoms with Crippen LogP contribution in [-0.4, -0.2) is 54.7 Å². The maximum Gasteiger partial charge on any atom is 0.278 e. The second kappa shape index (κ2) is 11.1. The fourth-order valence-electron chi connectivity index (χ4n) is 3.37. The van der Waals surface area contributed by atoms with Gasteiger partial charge in [-0.1, -0.05) is 24.1 Å². The highest BCUT2D eigenvalue weighted by atomic mass is 31.3. The molecule has 1 aliphatic rings. The number of benzene rings is 1. The third-order valence-corrected chi connectivity index (χ3v) is 8.61. The molecule has 0 bridgehead atoms. The number of fused-ring (bicyclic) bond motifs is 1. The molecule has 6 unspecified atom stereocenters. The number of rotatable bonds is 8. The van der Waals surface area contributed by atoms with Crippen molar-refractivity contribution in [2.45, 2.75) is 24.5 Å². The summed E-state index contributed by atoms with van der Waals surface area (Å²) >= 11 is 0. The molecule has 0 amide bonds. The number of aromatic nitrogens is 4. The van der Waals surface area contributed by atoms with Gasteiger partial charge in [0.1, 0.15) is 23.8 Å². The molecule has 0 aliphatic carbocycles. The molecule has 0 spiro atoms. The minimum Gasteiger partial charge on any atom is -0.790 e. The van der Waals surface area contributed by atoms with E-state index < -0.39 is 54.6 Å². The van der Waals surface area contributed by atoms with Crippen LogP contribution in [0.3, 0.4) is 0 Å². The molecule has 1 aliphatic heterocycles. The molecule has 6 atom stereocenters. The second-order valence-corrected chi connectivity index (χ2v) is 12.0. The molecule has 3 aromatic rings. The predicted octanol–water partition coefficient (Wildman–Crippen LogP) is -2.76. The van der Waals surface area contributed by atoms with Gasteiger partial charge in [-0.05, 0) is 18.1 Å². The summed E-state index contributed by atoms with van der Waals surface area (Å²) in [5.41, 5.74) is 6.76. The number of phosphoric ester groups is 1.